The number of carbonyl (C=O) groups excluding carboxylic acids is 1. The summed E-state index contributed by atoms with van der Waals surface area (Å²) in [6, 6.07) is 3.33. The van der Waals surface area contributed by atoms with Crippen LogP contribution in [0, 0.1) is 5.92 Å². The molecule has 3 N–H and O–H groups in total. The van der Waals surface area contributed by atoms with Gasteiger partial charge >= 0.3 is 6.29 Å². The van der Waals surface area contributed by atoms with Crippen LogP contribution < -0.4 is 20.5 Å². The number of nitrogens with two attached hydrogens (primary N) is 1. The Kier molecular flexibility index (Phi) is 4.77. The zero-order chi connectivity index (χ0) is 14.2. The number of halogens is 3. The topological polar surface area (TPSA) is 73.6 Å². The highest BCUT2D eigenvalue weighted by atomic mass is 35.5. The van der Waals surface area contributed by atoms with E-state index in [1.165, 1.54) is 18.2 Å². The second kappa shape index (κ2) is 5.80. The average Bonchev–Trinajstić information content (AvgIpc) is 2.60. The van der Waals surface area contributed by atoms with Gasteiger partial charge in [0, 0.05) is 11.8 Å². The molecule has 20 heavy (non-hydrogen) atoms. The number of alkyl halides is 2. The van der Waals surface area contributed by atoms with Crippen LogP contribution in [-0.4, -0.2) is 18.2 Å². The molecule has 112 valence electrons. The lowest BCUT2D eigenvalue weighted by Crippen LogP contribution is -2.39. The number of benzene rings is 1. The maximum atomic E-state index is 12.8. The number of rotatable bonds is 3. The maximum Gasteiger partial charge on any atom is 0.586 e. The van der Waals surface area contributed by atoms with Gasteiger partial charge in [-0.05, 0) is 18.1 Å². The first-order valence-electron chi connectivity index (χ1n) is 5.75. The number of ether oxygens (including phenoxy) is 2. The van der Waals surface area contributed by atoms with Gasteiger partial charge in [0.25, 0.3) is 0 Å². The summed E-state index contributed by atoms with van der Waals surface area (Å²) in [7, 11) is 0. The van der Waals surface area contributed by atoms with Crippen LogP contribution in [-0.2, 0) is 4.79 Å². The fraction of sp³-hybridized carbons (Fsp3) is 0.417. The Hall–Kier alpha value is -1.60. The third kappa shape index (κ3) is 3.49. The van der Waals surface area contributed by atoms with E-state index in [2.05, 4.69) is 14.8 Å². The van der Waals surface area contributed by atoms with Gasteiger partial charge in [-0.1, -0.05) is 13.8 Å². The van der Waals surface area contributed by atoms with Gasteiger partial charge in [0.2, 0.25) is 5.91 Å². The summed E-state index contributed by atoms with van der Waals surface area (Å²) in [5, 5.41) is 2.54. The Morgan fingerprint density at radius 3 is 2.50 bits per heavy atom. The number of fused-ring (bicyclic) bond motifs is 1. The molecule has 0 fully saturated rings. The van der Waals surface area contributed by atoms with Crippen molar-refractivity contribution < 1.29 is 23.0 Å². The fourth-order valence-electron chi connectivity index (χ4n) is 1.56. The first-order chi connectivity index (χ1) is 8.78. The van der Waals surface area contributed by atoms with E-state index in [1.807, 2.05) is 13.8 Å². The molecule has 0 bridgehead atoms. The molecule has 0 aliphatic carbocycles. The van der Waals surface area contributed by atoms with Crippen LogP contribution in [0.25, 0.3) is 0 Å². The SMILES string of the molecule is CC(C)[C@H](N)C(=O)Nc1ccc2c(c1)OC(F)(F)O2.Cl. The summed E-state index contributed by atoms with van der Waals surface area (Å²) in [6.45, 7) is 3.62. The largest absolute Gasteiger partial charge is 0.586 e. The van der Waals surface area contributed by atoms with E-state index in [1.54, 1.807) is 0 Å². The predicted molar refractivity (Wildman–Crippen MR) is 71.3 cm³/mol. The number of anilines is 1. The van der Waals surface area contributed by atoms with Gasteiger partial charge in [-0.2, -0.15) is 0 Å². The van der Waals surface area contributed by atoms with Crippen molar-refractivity contribution in [1.29, 1.82) is 0 Å². The van der Waals surface area contributed by atoms with Gasteiger partial charge in [0.05, 0.1) is 6.04 Å². The van der Waals surface area contributed by atoms with E-state index in [4.69, 9.17) is 5.73 Å². The van der Waals surface area contributed by atoms with Crippen LogP contribution in [0.15, 0.2) is 18.2 Å². The van der Waals surface area contributed by atoms with E-state index in [0.29, 0.717) is 5.69 Å². The predicted octanol–water partition coefficient (Wildman–Crippen LogP) is 2.35. The molecule has 5 nitrogen and oxygen atoms in total. The zero-order valence-electron chi connectivity index (χ0n) is 10.9. The van der Waals surface area contributed by atoms with Crippen LogP contribution in [0.1, 0.15) is 13.8 Å². The third-order valence-electron chi connectivity index (χ3n) is 2.69. The van der Waals surface area contributed by atoms with Crippen molar-refractivity contribution in [2.75, 3.05) is 5.32 Å². The Bertz CT molecular complexity index is 511. The lowest BCUT2D eigenvalue weighted by atomic mass is 10.0. The summed E-state index contributed by atoms with van der Waals surface area (Å²) in [6.07, 6.45) is -3.67. The minimum atomic E-state index is -3.67. The molecular formula is C12H15ClF2N2O3. The van der Waals surface area contributed by atoms with E-state index >= 15 is 0 Å². The van der Waals surface area contributed by atoms with Crippen LogP contribution in [0.3, 0.4) is 0 Å². The number of hydrogen-bond acceptors (Lipinski definition) is 4. The van der Waals surface area contributed by atoms with Crippen LogP contribution in [0.4, 0.5) is 14.5 Å². The molecule has 1 aliphatic rings. The van der Waals surface area contributed by atoms with Gasteiger partial charge in [-0.15, -0.1) is 21.2 Å². The molecule has 0 unspecified atom stereocenters. The summed E-state index contributed by atoms with van der Waals surface area (Å²) in [4.78, 5) is 11.7. The normalized spacial score (nSPS) is 16.5. The van der Waals surface area contributed by atoms with Crippen molar-refractivity contribution in [1.82, 2.24) is 0 Å². The Balaban J connectivity index is 0.00000200. The van der Waals surface area contributed by atoms with Gasteiger partial charge in [-0.3, -0.25) is 4.79 Å². The summed E-state index contributed by atoms with van der Waals surface area (Å²) in [5.74, 6) is -0.615. The lowest BCUT2D eigenvalue weighted by molar-refractivity contribution is -0.286. The van der Waals surface area contributed by atoms with Crippen molar-refractivity contribution in [2.24, 2.45) is 11.7 Å². The van der Waals surface area contributed by atoms with Crippen molar-refractivity contribution in [3.63, 3.8) is 0 Å². The molecule has 1 aromatic rings. The van der Waals surface area contributed by atoms with Gasteiger partial charge in [-0.25, -0.2) is 0 Å². The minimum absolute atomic E-state index is 0. The van der Waals surface area contributed by atoms with E-state index < -0.39 is 12.3 Å². The Labute approximate surface area is 120 Å². The molecule has 1 aromatic carbocycles. The van der Waals surface area contributed by atoms with Crippen LogP contribution in [0.5, 0.6) is 11.5 Å². The molecule has 2 rings (SSSR count). The number of nitrogens with one attached hydrogen (secondary N) is 1. The second-order valence-corrected chi connectivity index (χ2v) is 4.59. The molecule has 1 aliphatic heterocycles. The number of carbonyl (C=O) groups is 1. The molecule has 1 heterocycles. The quantitative estimate of drug-likeness (QED) is 0.899. The minimum Gasteiger partial charge on any atom is -0.395 e. The first kappa shape index (κ1) is 16.5. The van der Waals surface area contributed by atoms with E-state index in [-0.39, 0.29) is 35.7 Å². The molecule has 1 atom stereocenters. The fourth-order valence-corrected chi connectivity index (χ4v) is 1.56. The Morgan fingerprint density at radius 2 is 1.90 bits per heavy atom. The van der Waals surface area contributed by atoms with Crippen LogP contribution >= 0.6 is 12.4 Å². The maximum absolute atomic E-state index is 12.8. The summed E-state index contributed by atoms with van der Waals surface area (Å²) in [5.41, 5.74) is 6.00. The highest BCUT2D eigenvalue weighted by Gasteiger charge is 2.43. The van der Waals surface area contributed by atoms with Crippen molar-refractivity contribution in [3.05, 3.63) is 18.2 Å². The highest BCUT2D eigenvalue weighted by Crippen LogP contribution is 2.42. The average molecular weight is 309 g/mol. The smallest absolute Gasteiger partial charge is 0.395 e. The highest BCUT2D eigenvalue weighted by molar-refractivity contribution is 5.95. The van der Waals surface area contributed by atoms with Crippen molar-refractivity contribution in [2.45, 2.75) is 26.2 Å². The molecule has 1 amide bonds. The second-order valence-electron chi connectivity index (χ2n) is 4.59. The molecule has 0 aromatic heterocycles. The number of hydrogen-bond donors (Lipinski definition) is 2. The van der Waals surface area contributed by atoms with Gasteiger partial charge < -0.3 is 20.5 Å². The molecule has 8 heteroatoms. The van der Waals surface area contributed by atoms with Gasteiger partial charge in [0.15, 0.2) is 11.5 Å². The molecule has 0 saturated heterocycles. The van der Waals surface area contributed by atoms with Crippen molar-refractivity contribution in [3.8, 4) is 11.5 Å². The summed E-state index contributed by atoms with van der Waals surface area (Å²) < 4.78 is 34.2. The monoisotopic (exact) mass is 308 g/mol. The number of amides is 1. The molecular weight excluding hydrogens is 294 g/mol. The van der Waals surface area contributed by atoms with Gasteiger partial charge in [0.1, 0.15) is 0 Å². The lowest BCUT2D eigenvalue weighted by Gasteiger charge is -2.15. The summed E-state index contributed by atoms with van der Waals surface area (Å²) >= 11 is 0. The standard InChI is InChI=1S/C12H14F2N2O3.ClH/c1-6(2)10(15)11(17)16-7-3-4-8-9(5-7)19-12(13,14)18-8;/h3-6,10H,15H2,1-2H3,(H,16,17);1H/t10-;/m0./s1. The van der Waals surface area contributed by atoms with E-state index in [0.717, 1.165) is 0 Å². The van der Waals surface area contributed by atoms with E-state index in [9.17, 15) is 13.6 Å². The third-order valence-corrected chi connectivity index (χ3v) is 2.69. The first-order valence-corrected chi connectivity index (χ1v) is 5.75. The molecule has 0 radical (unpaired) electrons. The molecule has 0 saturated carbocycles. The Morgan fingerprint density at radius 1 is 1.30 bits per heavy atom. The zero-order valence-corrected chi connectivity index (χ0v) is 11.7. The van der Waals surface area contributed by atoms with Crippen molar-refractivity contribution >= 4 is 24.0 Å². The molecule has 0 spiro atoms. The van der Waals surface area contributed by atoms with Crippen LogP contribution in [0.2, 0.25) is 0 Å².